The van der Waals surface area contributed by atoms with Gasteiger partial charge in [-0.1, -0.05) is 54.6 Å². The zero-order chi connectivity index (χ0) is 15.6. The van der Waals surface area contributed by atoms with Crippen molar-refractivity contribution < 1.29 is 5.11 Å². The molecule has 0 saturated carbocycles. The van der Waals surface area contributed by atoms with E-state index in [2.05, 4.69) is 53.5 Å². The van der Waals surface area contributed by atoms with Gasteiger partial charge in [-0.3, -0.25) is 4.98 Å². The van der Waals surface area contributed by atoms with E-state index in [1.165, 1.54) is 22.3 Å². The number of fused-ring (bicyclic) bond motifs is 3. The van der Waals surface area contributed by atoms with Crippen molar-refractivity contribution in [2.45, 2.75) is 13.3 Å². The number of benzene rings is 2. The quantitative estimate of drug-likeness (QED) is 0.523. The van der Waals surface area contributed by atoms with Gasteiger partial charge in [-0.25, -0.2) is 0 Å². The number of hydrogen-bond donors (Lipinski definition) is 1. The van der Waals surface area contributed by atoms with Crippen LogP contribution in [0.3, 0.4) is 0 Å². The molecule has 1 heterocycles. The average molecular weight is 291 g/mol. The van der Waals surface area contributed by atoms with Crippen molar-refractivity contribution in [3.05, 3.63) is 90.3 Å². The van der Waals surface area contributed by atoms with E-state index in [0.29, 0.717) is 0 Å². The molecule has 1 N–H and O–H groups in total. The zero-order valence-electron chi connectivity index (χ0n) is 12.8. The summed E-state index contributed by atoms with van der Waals surface area (Å²) >= 11 is 0. The van der Waals surface area contributed by atoms with Crippen molar-refractivity contribution in [1.29, 1.82) is 0 Å². The van der Waals surface area contributed by atoms with E-state index in [-0.39, 0.29) is 6.61 Å². The molecule has 3 aromatic rings. The number of nitrogens with zero attached hydrogens (tertiary/aromatic N) is 1. The lowest BCUT2D eigenvalue weighted by atomic mass is 10.1. The molecule has 0 saturated heterocycles. The first-order valence-electron chi connectivity index (χ1n) is 7.48. The lowest BCUT2D eigenvalue weighted by molar-refractivity contribution is 0.318. The fourth-order valence-electron chi connectivity index (χ4n) is 2.39. The van der Waals surface area contributed by atoms with Crippen LogP contribution in [0.2, 0.25) is 0 Å². The zero-order valence-corrected chi connectivity index (χ0v) is 12.8. The average Bonchev–Trinajstić information content (AvgIpc) is 2.96. The van der Waals surface area contributed by atoms with Gasteiger partial charge in [0.1, 0.15) is 0 Å². The molecule has 0 atom stereocenters. The Hall–Kier alpha value is -2.45. The number of aliphatic hydroxyl groups excluding tert-OH is 1. The molecule has 1 aliphatic rings. The van der Waals surface area contributed by atoms with Crippen molar-refractivity contribution in [3.8, 4) is 11.1 Å². The molecule has 0 bridgehead atoms. The Bertz CT molecular complexity index is 610. The van der Waals surface area contributed by atoms with Crippen LogP contribution in [0, 0.1) is 0 Å². The third kappa shape index (κ3) is 4.27. The van der Waals surface area contributed by atoms with Crippen molar-refractivity contribution >= 4 is 0 Å². The second-order valence-electron chi connectivity index (χ2n) is 4.83. The Morgan fingerprint density at radius 2 is 1.23 bits per heavy atom. The lowest BCUT2D eigenvalue weighted by Gasteiger charge is -1.98. The number of rotatable bonds is 0. The molecule has 0 aliphatic heterocycles. The fraction of sp³-hybridized carbons (Fsp3) is 0.150. The predicted octanol–water partition coefficient (Wildman–Crippen LogP) is 4.34. The topological polar surface area (TPSA) is 33.1 Å². The van der Waals surface area contributed by atoms with Gasteiger partial charge >= 0.3 is 0 Å². The Labute approximate surface area is 132 Å². The van der Waals surface area contributed by atoms with Crippen molar-refractivity contribution in [2.75, 3.05) is 6.61 Å². The molecular weight excluding hydrogens is 270 g/mol. The Morgan fingerprint density at radius 1 is 0.773 bits per heavy atom. The molecule has 0 spiro atoms. The molecule has 1 aliphatic carbocycles. The smallest absolute Gasteiger partial charge is 0.0402 e. The molecular formula is C20H21NO. The number of aromatic nitrogens is 1. The number of pyridine rings is 1. The molecule has 2 aromatic carbocycles. The molecule has 0 unspecified atom stereocenters. The highest BCUT2D eigenvalue weighted by molar-refractivity contribution is 5.76. The van der Waals surface area contributed by atoms with Crippen LogP contribution in [0.15, 0.2) is 79.1 Å². The fourth-order valence-corrected chi connectivity index (χ4v) is 2.39. The molecule has 0 amide bonds. The van der Waals surface area contributed by atoms with Gasteiger partial charge in [0.25, 0.3) is 0 Å². The van der Waals surface area contributed by atoms with Crippen LogP contribution in [0.25, 0.3) is 11.1 Å². The van der Waals surface area contributed by atoms with E-state index >= 15 is 0 Å². The molecule has 0 radical (unpaired) electrons. The van der Waals surface area contributed by atoms with E-state index in [4.69, 9.17) is 5.11 Å². The highest BCUT2D eigenvalue weighted by atomic mass is 16.2. The van der Waals surface area contributed by atoms with Gasteiger partial charge in [-0.15, -0.1) is 0 Å². The van der Waals surface area contributed by atoms with Gasteiger partial charge in [0.2, 0.25) is 0 Å². The molecule has 0 fully saturated rings. The monoisotopic (exact) mass is 291 g/mol. The molecule has 112 valence electrons. The van der Waals surface area contributed by atoms with Crippen molar-refractivity contribution in [1.82, 2.24) is 4.98 Å². The maximum Gasteiger partial charge on any atom is 0.0402 e. The van der Waals surface area contributed by atoms with E-state index in [1.807, 2.05) is 18.2 Å². The Balaban J connectivity index is 0.000000165. The molecule has 2 nitrogen and oxygen atoms in total. The van der Waals surface area contributed by atoms with Gasteiger partial charge < -0.3 is 5.11 Å². The minimum atomic E-state index is 0.250. The first-order chi connectivity index (χ1) is 10.9. The van der Waals surface area contributed by atoms with Gasteiger partial charge in [0.15, 0.2) is 0 Å². The van der Waals surface area contributed by atoms with Gasteiger partial charge in [0.05, 0.1) is 0 Å². The predicted molar refractivity (Wildman–Crippen MR) is 91.7 cm³/mol. The SMILES string of the molecule is CCO.c1ccc2c(c1)Cc1ccccc1-2.c1ccncc1. The van der Waals surface area contributed by atoms with Gasteiger partial charge in [-0.2, -0.15) is 0 Å². The maximum atomic E-state index is 7.57. The highest BCUT2D eigenvalue weighted by Gasteiger charge is 2.15. The van der Waals surface area contributed by atoms with Crippen LogP contribution in [-0.2, 0) is 6.42 Å². The molecule has 1 aromatic heterocycles. The van der Waals surface area contributed by atoms with E-state index in [0.717, 1.165) is 6.42 Å². The van der Waals surface area contributed by atoms with Gasteiger partial charge in [-0.05, 0) is 47.7 Å². The van der Waals surface area contributed by atoms with Crippen molar-refractivity contribution in [2.24, 2.45) is 0 Å². The summed E-state index contributed by atoms with van der Waals surface area (Å²) in [6.45, 7) is 1.93. The standard InChI is InChI=1S/C13H10.C5H5N.C2H6O/c1-3-7-12-10(5-1)9-11-6-2-4-8-13(11)12;1-2-4-6-5-3-1;1-2-3/h1-8H,9H2;1-5H;3H,2H2,1H3. The maximum absolute atomic E-state index is 7.57. The second-order valence-corrected chi connectivity index (χ2v) is 4.83. The first kappa shape index (κ1) is 15.9. The minimum absolute atomic E-state index is 0.250. The van der Waals surface area contributed by atoms with E-state index < -0.39 is 0 Å². The first-order valence-corrected chi connectivity index (χ1v) is 7.48. The summed E-state index contributed by atoms with van der Waals surface area (Å²) in [6, 6.07) is 23.0. The second kappa shape index (κ2) is 8.75. The summed E-state index contributed by atoms with van der Waals surface area (Å²) in [5.41, 5.74) is 5.75. The van der Waals surface area contributed by atoms with Crippen LogP contribution in [0.4, 0.5) is 0 Å². The summed E-state index contributed by atoms with van der Waals surface area (Å²) in [5.74, 6) is 0. The van der Waals surface area contributed by atoms with Gasteiger partial charge in [0, 0.05) is 19.0 Å². The van der Waals surface area contributed by atoms with Crippen molar-refractivity contribution in [3.63, 3.8) is 0 Å². The Kier molecular flexibility index (Phi) is 6.34. The summed E-state index contributed by atoms with van der Waals surface area (Å²) in [5, 5.41) is 7.57. The summed E-state index contributed by atoms with van der Waals surface area (Å²) in [7, 11) is 0. The molecule has 22 heavy (non-hydrogen) atoms. The highest BCUT2D eigenvalue weighted by Crippen LogP contribution is 2.35. The summed E-state index contributed by atoms with van der Waals surface area (Å²) in [4.78, 5) is 3.78. The number of aliphatic hydroxyl groups is 1. The third-order valence-electron chi connectivity index (χ3n) is 3.27. The normalized spacial score (nSPS) is 10.3. The van der Waals surface area contributed by atoms with E-state index in [1.54, 1.807) is 19.3 Å². The van der Waals surface area contributed by atoms with Crippen LogP contribution in [0.1, 0.15) is 18.1 Å². The summed E-state index contributed by atoms with van der Waals surface area (Å²) in [6.07, 6.45) is 4.60. The van der Waals surface area contributed by atoms with E-state index in [9.17, 15) is 0 Å². The van der Waals surface area contributed by atoms with Crippen LogP contribution < -0.4 is 0 Å². The Morgan fingerprint density at radius 3 is 1.59 bits per heavy atom. The van der Waals surface area contributed by atoms with Crippen LogP contribution in [-0.4, -0.2) is 16.7 Å². The lowest BCUT2D eigenvalue weighted by Crippen LogP contribution is -1.77. The minimum Gasteiger partial charge on any atom is -0.397 e. The van der Waals surface area contributed by atoms with Crippen LogP contribution >= 0.6 is 0 Å². The third-order valence-corrected chi connectivity index (χ3v) is 3.27. The number of hydrogen-bond acceptors (Lipinski definition) is 2. The molecule has 4 rings (SSSR count). The molecule has 2 heteroatoms. The summed E-state index contributed by atoms with van der Waals surface area (Å²) < 4.78 is 0. The van der Waals surface area contributed by atoms with Crippen LogP contribution in [0.5, 0.6) is 0 Å². The largest absolute Gasteiger partial charge is 0.397 e.